The molecule has 0 bridgehead atoms. The van der Waals surface area contributed by atoms with Gasteiger partial charge in [-0.05, 0) is 117 Å². The lowest BCUT2D eigenvalue weighted by Gasteiger charge is -2.25. The lowest BCUT2D eigenvalue weighted by molar-refractivity contribution is 0.223. The molecule has 3 fully saturated rings. The first-order chi connectivity index (χ1) is 15.1. The lowest BCUT2D eigenvalue weighted by atomic mass is 10.1. The smallest absolute Gasteiger partial charge is 0.00931 e. The van der Waals surface area contributed by atoms with Gasteiger partial charge in [0.15, 0.2) is 0 Å². The fourth-order valence-corrected chi connectivity index (χ4v) is 5.71. The molecule has 3 rings (SSSR count). The van der Waals surface area contributed by atoms with E-state index in [0.29, 0.717) is 0 Å². The Bertz CT molecular complexity index is 394. The van der Waals surface area contributed by atoms with Crippen LogP contribution in [0.15, 0.2) is 0 Å². The van der Waals surface area contributed by atoms with Gasteiger partial charge in [0, 0.05) is 18.1 Å². The van der Waals surface area contributed by atoms with E-state index >= 15 is 0 Å². The zero-order valence-corrected chi connectivity index (χ0v) is 22.5. The Morgan fingerprint density at radius 3 is 1.90 bits per heavy atom. The highest BCUT2D eigenvalue weighted by molar-refractivity contribution is 4.77. The van der Waals surface area contributed by atoms with Gasteiger partial charge in [-0.3, -0.25) is 0 Å². The molecule has 0 spiro atoms. The van der Waals surface area contributed by atoms with Crippen LogP contribution >= 0.6 is 0 Å². The van der Waals surface area contributed by atoms with Crippen molar-refractivity contribution in [2.75, 3.05) is 39.3 Å². The van der Waals surface area contributed by atoms with Crippen LogP contribution in [0.4, 0.5) is 0 Å². The third-order valence-corrected chi connectivity index (χ3v) is 7.72. The molecule has 3 heterocycles. The van der Waals surface area contributed by atoms with Crippen LogP contribution in [0.3, 0.4) is 0 Å². The topological polar surface area (TPSA) is 9.72 Å². The Balaban J connectivity index is 0.000000233. The van der Waals surface area contributed by atoms with E-state index in [1.54, 1.807) is 0 Å². The average molecular weight is 438 g/mol. The number of hydrogen-bond donors (Lipinski definition) is 0. The molecular weight excluding hydrogens is 378 g/mol. The van der Waals surface area contributed by atoms with Crippen molar-refractivity contribution >= 4 is 0 Å². The highest BCUT2D eigenvalue weighted by Crippen LogP contribution is 2.19. The molecule has 3 aliphatic heterocycles. The lowest BCUT2D eigenvalue weighted by Crippen LogP contribution is -2.31. The first-order valence-electron chi connectivity index (χ1n) is 14.3. The highest BCUT2D eigenvalue weighted by atomic mass is 15.2. The van der Waals surface area contributed by atoms with Gasteiger partial charge in [0.2, 0.25) is 0 Å². The van der Waals surface area contributed by atoms with Crippen molar-refractivity contribution in [1.82, 2.24) is 14.7 Å². The van der Waals surface area contributed by atoms with Gasteiger partial charge in [0.05, 0.1) is 0 Å². The van der Waals surface area contributed by atoms with Crippen LogP contribution in [-0.4, -0.2) is 72.1 Å². The Morgan fingerprint density at radius 2 is 1.39 bits per heavy atom. The van der Waals surface area contributed by atoms with Crippen molar-refractivity contribution in [2.45, 2.75) is 143 Å². The van der Waals surface area contributed by atoms with Crippen molar-refractivity contribution in [1.29, 1.82) is 0 Å². The summed E-state index contributed by atoms with van der Waals surface area (Å²) in [6.45, 7) is 21.9. The molecule has 186 valence electrons. The SMILES string of the molecule is CCCC(CC)N1CCCC1.CCCCN1CCCC1C.CCCN1CCCC1CC. The largest absolute Gasteiger partial charge is 0.301 e. The van der Waals surface area contributed by atoms with E-state index in [-0.39, 0.29) is 0 Å². The molecule has 3 unspecified atom stereocenters. The first-order valence-corrected chi connectivity index (χ1v) is 14.3. The van der Waals surface area contributed by atoms with E-state index in [1.165, 1.54) is 123 Å². The predicted molar refractivity (Wildman–Crippen MR) is 140 cm³/mol. The summed E-state index contributed by atoms with van der Waals surface area (Å²) in [5.41, 5.74) is 0. The van der Waals surface area contributed by atoms with Crippen molar-refractivity contribution in [3.8, 4) is 0 Å². The standard InChI is InChI=1S/C10H21N.2C9H19N/c1-3-7-10(4-2)11-8-5-6-9-11;1-3-4-7-10-8-5-6-9(10)2;1-3-7-10-8-5-6-9(10)4-2/h10H,3-9H2,1-2H3;2*9H,3-8H2,1-2H3. The molecule has 3 saturated heterocycles. The number of rotatable bonds is 10. The molecule has 3 aliphatic rings. The van der Waals surface area contributed by atoms with Crippen LogP contribution in [0.25, 0.3) is 0 Å². The van der Waals surface area contributed by atoms with Gasteiger partial charge in [-0.2, -0.15) is 0 Å². The molecule has 31 heavy (non-hydrogen) atoms. The Kier molecular flexibility index (Phi) is 17.1. The van der Waals surface area contributed by atoms with E-state index in [4.69, 9.17) is 0 Å². The molecule has 0 saturated carbocycles. The van der Waals surface area contributed by atoms with Crippen LogP contribution < -0.4 is 0 Å². The average Bonchev–Trinajstić information content (AvgIpc) is 3.54. The van der Waals surface area contributed by atoms with Crippen LogP contribution in [0, 0.1) is 0 Å². The van der Waals surface area contributed by atoms with Crippen LogP contribution in [0.1, 0.15) is 125 Å². The molecule has 0 radical (unpaired) electrons. The third kappa shape index (κ3) is 11.5. The summed E-state index contributed by atoms with van der Waals surface area (Å²) < 4.78 is 0. The van der Waals surface area contributed by atoms with Crippen molar-refractivity contribution < 1.29 is 0 Å². The Labute approximate surface area is 197 Å². The Hall–Kier alpha value is -0.120. The second-order valence-electron chi connectivity index (χ2n) is 10.2. The van der Waals surface area contributed by atoms with Gasteiger partial charge < -0.3 is 14.7 Å². The quantitative estimate of drug-likeness (QED) is 0.358. The molecule has 0 aliphatic carbocycles. The van der Waals surface area contributed by atoms with Crippen molar-refractivity contribution in [3.63, 3.8) is 0 Å². The van der Waals surface area contributed by atoms with Gasteiger partial charge in [-0.25, -0.2) is 0 Å². The minimum absolute atomic E-state index is 0.867. The van der Waals surface area contributed by atoms with Crippen LogP contribution in [0.2, 0.25) is 0 Å². The number of hydrogen-bond acceptors (Lipinski definition) is 3. The van der Waals surface area contributed by atoms with Gasteiger partial charge in [-0.15, -0.1) is 0 Å². The molecule has 0 aromatic heterocycles. The molecule has 3 atom stereocenters. The summed E-state index contributed by atoms with van der Waals surface area (Å²) in [6, 6.07) is 2.67. The minimum Gasteiger partial charge on any atom is -0.301 e. The Morgan fingerprint density at radius 1 is 0.710 bits per heavy atom. The number of nitrogens with zero attached hydrogens (tertiary/aromatic N) is 3. The van der Waals surface area contributed by atoms with Gasteiger partial charge in [0.25, 0.3) is 0 Å². The molecule has 3 nitrogen and oxygen atoms in total. The van der Waals surface area contributed by atoms with Crippen molar-refractivity contribution in [3.05, 3.63) is 0 Å². The fraction of sp³-hybridized carbons (Fsp3) is 1.00. The normalized spacial score (nSPS) is 25.7. The summed E-state index contributed by atoms with van der Waals surface area (Å²) in [5.74, 6) is 0. The molecule has 0 N–H and O–H groups in total. The van der Waals surface area contributed by atoms with Crippen LogP contribution in [-0.2, 0) is 0 Å². The maximum atomic E-state index is 2.67. The van der Waals surface area contributed by atoms with Crippen LogP contribution in [0.5, 0.6) is 0 Å². The van der Waals surface area contributed by atoms with E-state index in [1.807, 2.05) is 0 Å². The zero-order valence-electron chi connectivity index (χ0n) is 22.5. The maximum absolute atomic E-state index is 2.67. The second-order valence-corrected chi connectivity index (χ2v) is 10.2. The third-order valence-electron chi connectivity index (χ3n) is 7.72. The zero-order chi connectivity index (χ0) is 22.9. The monoisotopic (exact) mass is 437 g/mol. The second kappa shape index (κ2) is 18.3. The fourth-order valence-electron chi connectivity index (χ4n) is 5.71. The number of unbranched alkanes of at least 4 members (excludes halogenated alkanes) is 1. The van der Waals surface area contributed by atoms with E-state index < -0.39 is 0 Å². The summed E-state index contributed by atoms with van der Waals surface area (Å²) in [7, 11) is 0. The van der Waals surface area contributed by atoms with Gasteiger partial charge in [-0.1, -0.05) is 47.5 Å². The van der Waals surface area contributed by atoms with E-state index in [2.05, 4.69) is 56.2 Å². The number of likely N-dealkylation sites (tertiary alicyclic amines) is 3. The van der Waals surface area contributed by atoms with Gasteiger partial charge in [0.1, 0.15) is 0 Å². The predicted octanol–water partition coefficient (Wildman–Crippen LogP) is 7.20. The van der Waals surface area contributed by atoms with E-state index in [0.717, 1.165) is 18.1 Å². The van der Waals surface area contributed by atoms with Gasteiger partial charge >= 0.3 is 0 Å². The summed E-state index contributed by atoms with van der Waals surface area (Å²) in [6.07, 6.45) is 18.0. The maximum Gasteiger partial charge on any atom is 0.00931 e. The minimum atomic E-state index is 0.867. The summed E-state index contributed by atoms with van der Waals surface area (Å²) >= 11 is 0. The molecule has 0 aromatic rings. The highest BCUT2D eigenvalue weighted by Gasteiger charge is 2.21. The molecule has 0 aromatic carbocycles. The summed E-state index contributed by atoms with van der Waals surface area (Å²) in [4.78, 5) is 7.92. The molecule has 3 heteroatoms. The molecular formula is C28H59N3. The van der Waals surface area contributed by atoms with Crippen molar-refractivity contribution in [2.24, 2.45) is 0 Å². The summed E-state index contributed by atoms with van der Waals surface area (Å²) in [5, 5.41) is 0. The molecule has 0 amide bonds. The van der Waals surface area contributed by atoms with E-state index in [9.17, 15) is 0 Å². The first kappa shape index (κ1) is 28.9.